The fraction of sp³-hybridized carbons (Fsp3) is 0.625. The maximum absolute atomic E-state index is 10.8. The summed E-state index contributed by atoms with van der Waals surface area (Å²) < 4.78 is 0. The van der Waals surface area contributed by atoms with E-state index >= 15 is 0 Å². The van der Waals surface area contributed by atoms with E-state index < -0.39 is 0 Å². The van der Waals surface area contributed by atoms with Crippen molar-refractivity contribution in [2.24, 2.45) is 0 Å². The van der Waals surface area contributed by atoms with Crippen molar-refractivity contribution in [3.63, 3.8) is 0 Å². The molecule has 1 heterocycles. The second kappa shape index (κ2) is 11.6. The van der Waals surface area contributed by atoms with Gasteiger partial charge in [0.25, 0.3) is 0 Å². The molecule has 0 aromatic heterocycles. The van der Waals surface area contributed by atoms with E-state index in [0.717, 1.165) is 44.0 Å². The molecule has 0 spiro atoms. The van der Waals surface area contributed by atoms with Crippen molar-refractivity contribution >= 4 is 0 Å². The van der Waals surface area contributed by atoms with Gasteiger partial charge in [0.05, 0.1) is 6.67 Å². The van der Waals surface area contributed by atoms with Crippen LogP contribution in [0.1, 0.15) is 116 Å². The molecule has 0 amide bonds. The maximum atomic E-state index is 10.8. The average molecular weight is 491 g/mol. The van der Waals surface area contributed by atoms with Gasteiger partial charge in [0.15, 0.2) is 0 Å². The van der Waals surface area contributed by atoms with Crippen LogP contribution in [0.25, 0.3) is 0 Å². The van der Waals surface area contributed by atoms with E-state index in [1.54, 1.807) is 0 Å². The molecule has 0 unspecified atom stereocenters. The van der Waals surface area contributed by atoms with E-state index in [4.69, 9.17) is 0 Å². The van der Waals surface area contributed by atoms with Crippen LogP contribution in [-0.4, -0.2) is 39.8 Å². The van der Waals surface area contributed by atoms with Gasteiger partial charge in [0.2, 0.25) is 0 Å². The highest BCUT2D eigenvalue weighted by Crippen LogP contribution is 2.40. The molecular weight excluding hydrogens is 444 g/mol. The minimum Gasteiger partial charge on any atom is -0.507 e. The molecule has 196 valence electrons. The van der Waals surface area contributed by atoms with Crippen molar-refractivity contribution in [1.29, 1.82) is 0 Å². The van der Waals surface area contributed by atoms with Gasteiger partial charge in [-0.05, 0) is 91.2 Å². The van der Waals surface area contributed by atoms with Crippen molar-refractivity contribution in [2.75, 3.05) is 19.8 Å². The highest BCUT2D eigenvalue weighted by Gasteiger charge is 2.24. The molecule has 2 aromatic carbocycles. The predicted molar refractivity (Wildman–Crippen MR) is 148 cm³/mol. The van der Waals surface area contributed by atoms with Crippen LogP contribution in [0.2, 0.25) is 0 Å². The Morgan fingerprint density at radius 3 is 1.44 bits per heavy atom. The van der Waals surface area contributed by atoms with Crippen molar-refractivity contribution < 1.29 is 10.2 Å². The number of hydrogen-bond donors (Lipinski definition) is 2. The van der Waals surface area contributed by atoms with Crippen LogP contribution in [0, 0.1) is 13.8 Å². The number of aryl methyl sites for hydroxylation is 2. The molecular formula is C32H46N2O2. The molecule has 1 aliphatic heterocycles. The van der Waals surface area contributed by atoms with Gasteiger partial charge in [-0.3, -0.25) is 9.80 Å². The first kappa shape index (κ1) is 25.6. The minimum absolute atomic E-state index is 0.520. The van der Waals surface area contributed by atoms with E-state index in [9.17, 15) is 10.2 Å². The van der Waals surface area contributed by atoms with Crippen molar-refractivity contribution in [1.82, 2.24) is 9.80 Å². The topological polar surface area (TPSA) is 46.9 Å². The Labute approximate surface area is 218 Å². The normalized spacial score (nSPS) is 21.2. The molecule has 0 bridgehead atoms. The minimum atomic E-state index is 0.520. The van der Waals surface area contributed by atoms with Crippen LogP contribution >= 0.6 is 0 Å². The molecule has 4 nitrogen and oxygen atoms in total. The van der Waals surface area contributed by atoms with Crippen LogP contribution in [-0.2, 0) is 13.1 Å². The summed E-state index contributed by atoms with van der Waals surface area (Å²) in [5.74, 6) is 2.10. The van der Waals surface area contributed by atoms with Gasteiger partial charge >= 0.3 is 0 Å². The second-order valence-electron chi connectivity index (χ2n) is 12.0. The molecule has 3 fully saturated rings. The monoisotopic (exact) mass is 490 g/mol. The van der Waals surface area contributed by atoms with Gasteiger partial charge in [0.1, 0.15) is 11.5 Å². The molecule has 36 heavy (non-hydrogen) atoms. The average Bonchev–Trinajstić information content (AvgIpc) is 2.89. The predicted octanol–water partition coefficient (Wildman–Crippen LogP) is 7.48. The van der Waals surface area contributed by atoms with Gasteiger partial charge in [-0.1, -0.05) is 62.8 Å². The number of hydrogen-bond acceptors (Lipinski definition) is 4. The third-order valence-electron chi connectivity index (χ3n) is 9.03. The Kier molecular flexibility index (Phi) is 8.22. The molecule has 2 saturated carbocycles. The molecule has 1 saturated heterocycles. The van der Waals surface area contributed by atoms with Crippen LogP contribution in [0.4, 0.5) is 0 Å². The third-order valence-corrected chi connectivity index (χ3v) is 9.03. The summed E-state index contributed by atoms with van der Waals surface area (Å²) in [5, 5.41) is 21.6. The van der Waals surface area contributed by atoms with Crippen molar-refractivity contribution in [3.05, 3.63) is 57.6 Å². The molecule has 0 atom stereocenters. The summed E-state index contributed by atoms with van der Waals surface area (Å²) in [7, 11) is 0. The zero-order chi connectivity index (χ0) is 25.1. The smallest absolute Gasteiger partial charge is 0.121 e. The maximum Gasteiger partial charge on any atom is 0.121 e. The Morgan fingerprint density at radius 2 is 1.03 bits per heavy atom. The molecule has 2 N–H and O–H groups in total. The molecule has 5 rings (SSSR count). The molecule has 2 aliphatic carbocycles. The van der Waals surface area contributed by atoms with Crippen LogP contribution in [0.3, 0.4) is 0 Å². The first-order chi connectivity index (χ1) is 17.5. The second-order valence-corrected chi connectivity index (χ2v) is 12.0. The van der Waals surface area contributed by atoms with Crippen LogP contribution < -0.4 is 0 Å². The van der Waals surface area contributed by atoms with E-state index in [1.165, 1.54) is 92.9 Å². The summed E-state index contributed by atoms with van der Waals surface area (Å²) in [5.41, 5.74) is 7.11. The number of rotatable bonds is 6. The number of phenolic OH excluding ortho intramolecular Hbond substituents is 2. The van der Waals surface area contributed by atoms with Crippen molar-refractivity contribution in [3.8, 4) is 11.5 Å². The Hall–Kier alpha value is -2.04. The lowest BCUT2D eigenvalue weighted by Gasteiger charge is -2.36. The number of aromatic hydroxyl groups is 2. The van der Waals surface area contributed by atoms with Gasteiger partial charge in [-0.2, -0.15) is 0 Å². The SMILES string of the molecule is Cc1cc(CN2CCCN(Cc3cc(C)c(O)c(C4CCCCC4)c3)C2)cc(C2CCCCC2)c1O. The Bertz CT molecular complexity index is 955. The van der Waals surface area contributed by atoms with Crippen molar-refractivity contribution in [2.45, 2.75) is 109 Å². The van der Waals surface area contributed by atoms with Gasteiger partial charge in [0, 0.05) is 26.2 Å². The first-order valence-corrected chi connectivity index (χ1v) is 14.6. The number of phenols is 2. The van der Waals surface area contributed by atoms with E-state index in [0.29, 0.717) is 23.3 Å². The van der Waals surface area contributed by atoms with Crippen LogP contribution in [0.5, 0.6) is 11.5 Å². The summed E-state index contributed by atoms with van der Waals surface area (Å²) in [4.78, 5) is 5.13. The standard InChI is InChI=1S/C32H46N2O2/c1-23-16-25(18-29(31(23)35)27-10-5-3-6-11-27)20-33-14-9-15-34(22-33)21-26-17-24(2)32(36)30(19-26)28-12-7-4-8-13-28/h16-19,27-28,35-36H,3-15,20-22H2,1-2H3. The lowest BCUT2D eigenvalue weighted by molar-refractivity contribution is 0.0745. The quantitative estimate of drug-likeness (QED) is 0.441. The summed E-state index contributed by atoms with van der Waals surface area (Å²) >= 11 is 0. The lowest BCUT2D eigenvalue weighted by Crippen LogP contribution is -2.43. The van der Waals surface area contributed by atoms with Gasteiger partial charge < -0.3 is 10.2 Å². The van der Waals surface area contributed by atoms with Gasteiger partial charge in [-0.25, -0.2) is 0 Å². The van der Waals surface area contributed by atoms with E-state index in [-0.39, 0.29) is 0 Å². The molecule has 2 aromatic rings. The van der Waals surface area contributed by atoms with Crippen LogP contribution in [0.15, 0.2) is 24.3 Å². The number of benzene rings is 2. The Balaban J connectivity index is 1.26. The highest BCUT2D eigenvalue weighted by molar-refractivity contribution is 5.46. The summed E-state index contributed by atoms with van der Waals surface area (Å²) in [6, 6.07) is 8.99. The zero-order valence-electron chi connectivity index (χ0n) is 22.6. The summed E-state index contributed by atoms with van der Waals surface area (Å²) in [6.07, 6.45) is 13.8. The zero-order valence-corrected chi connectivity index (χ0v) is 22.6. The number of nitrogens with zero attached hydrogens (tertiary/aromatic N) is 2. The lowest BCUT2D eigenvalue weighted by atomic mass is 9.82. The van der Waals surface area contributed by atoms with E-state index in [2.05, 4.69) is 47.9 Å². The summed E-state index contributed by atoms with van der Waals surface area (Å²) in [6.45, 7) is 9.22. The first-order valence-electron chi connectivity index (χ1n) is 14.6. The third kappa shape index (κ3) is 5.92. The molecule has 0 radical (unpaired) electrons. The largest absolute Gasteiger partial charge is 0.507 e. The van der Waals surface area contributed by atoms with E-state index in [1.807, 2.05) is 0 Å². The fourth-order valence-electron chi connectivity index (χ4n) is 7.12. The fourth-order valence-corrected chi connectivity index (χ4v) is 7.12. The molecule has 3 aliphatic rings. The van der Waals surface area contributed by atoms with Gasteiger partial charge in [-0.15, -0.1) is 0 Å². The molecule has 4 heteroatoms. The highest BCUT2D eigenvalue weighted by atomic mass is 16.3. The Morgan fingerprint density at radius 1 is 0.611 bits per heavy atom.